The molecule has 8 heteroatoms. The molecule has 110 valence electrons. The Balaban J connectivity index is 2.12. The first kappa shape index (κ1) is 16.1. The zero-order valence-electron chi connectivity index (χ0n) is 10.4. The van der Waals surface area contributed by atoms with Gasteiger partial charge in [-0.1, -0.05) is 40.9 Å². The molecule has 0 aliphatic rings. The van der Waals surface area contributed by atoms with Gasteiger partial charge in [0.1, 0.15) is 0 Å². The fourth-order valence-electron chi connectivity index (χ4n) is 1.43. The summed E-state index contributed by atoms with van der Waals surface area (Å²) in [6, 6.07) is 10.6. The van der Waals surface area contributed by atoms with E-state index in [1.165, 1.54) is 30.5 Å². The van der Waals surface area contributed by atoms with Gasteiger partial charge in [0.2, 0.25) is 0 Å². The highest BCUT2D eigenvalue weighted by Crippen LogP contribution is 2.21. The van der Waals surface area contributed by atoms with Crippen LogP contribution < -0.4 is 4.83 Å². The fourth-order valence-corrected chi connectivity index (χ4v) is 2.65. The molecule has 0 aliphatic heterocycles. The van der Waals surface area contributed by atoms with Crippen molar-refractivity contribution in [2.24, 2.45) is 5.10 Å². The number of benzene rings is 2. The minimum absolute atomic E-state index is 0.0678. The van der Waals surface area contributed by atoms with E-state index < -0.39 is 10.0 Å². The van der Waals surface area contributed by atoms with Crippen molar-refractivity contribution in [3.05, 3.63) is 63.1 Å². The van der Waals surface area contributed by atoms with Crippen LogP contribution in [-0.4, -0.2) is 14.6 Å². The van der Waals surface area contributed by atoms with Gasteiger partial charge in [0.25, 0.3) is 10.0 Å². The highest BCUT2D eigenvalue weighted by molar-refractivity contribution is 7.89. The lowest BCUT2D eigenvalue weighted by Crippen LogP contribution is -2.18. The van der Waals surface area contributed by atoms with E-state index in [4.69, 9.17) is 34.8 Å². The van der Waals surface area contributed by atoms with E-state index in [-0.39, 0.29) is 4.90 Å². The summed E-state index contributed by atoms with van der Waals surface area (Å²) in [5, 5.41) is 4.91. The molecule has 0 saturated heterocycles. The maximum Gasteiger partial charge on any atom is 0.276 e. The SMILES string of the molecule is O=S(=O)(N/N=C\c1ccc(Cl)c(Cl)c1)c1ccc(Cl)cc1. The van der Waals surface area contributed by atoms with E-state index in [1.807, 2.05) is 0 Å². The van der Waals surface area contributed by atoms with Gasteiger partial charge in [-0.25, -0.2) is 4.83 Å². The summed E-state index contributed by atoms with van der Waals surface area (Å²) >= 11 is 17.3. The van der Waals surface area contributed by atoms with Gasteiger partial charge in [-0.3, -0.25) is 0 Å². The molecule has 0 saturated carbocycles. The maximum absolute atomic E-state index is 11.9. The Bertz CT molecular complexity index is 775. The van der Waals surface area contributed by atoms with Gasteiger partial charge in [-0.15, -0.1) is 0 Å². The summed E-state index contributed by atoms with van der Waals surface area (Å²) in [4.78, 5) is 2.17. The predicted octanol–water partition coefficient (Wildman–Crippen LogP) is 3.96. The molecular weight excluding hydrogens is 355 g/mol. The summed E-state index contributed by atoms with van der Waals surface area (Å²) in [6.07, 6.45) is 1.33. The first-order chi connectivity index (χ1) is 9.88. The molecule has 2 rings (SSSR count). The molecule has 0 fully saturated rings. The Morgan fingerprint density at radius 1 is 0.952 bits per heavy atom. The van der Waals surface area contributed by atoms with Crippen molar-refractivity contribution in [1.82, 2.24) is 4.83 Å². The van der Waals surface area contributed by atoms with E-state index in [1.54, 1.807) is 18.2 Å². The summed E-state index contributed by atoms with van der Waals surface area (Å²) in [5.74, 6) is 0. The monoisotopic (exact) mass is 362 g/mol. The second-order valence-corrected chi connectivity index (χ2v) is 6.89. The lowest BCUT2D eigenvalue weighted by molar-refractivity contribution is 0.584. The molecule has 0 heterocycles. The quantitative estimate of drug-likeness (QED) is 0.660. The molecule has 2 aromatic rings. The summed E-state index contributed by atoms with van der Waals surface area (Å²) in [7, 11) is -3.73. The summed E-state index contributed by atoms with van der Waals surface area (Å²) in [6.45, 7) is 0. The molecule has 0 spiro atoms. The number of hydrogen-bond acceptors (Lipinski definition) is 3. The first-order valence-electron chi connectivity index (χ1n) is 5.64. The summed E-state index contributed by atoms with van der Waals surface area (Å²) in [5.41, 5.74) is 0.614. The van der Waals surface area contributed by atoms with E-state index in [9.17, 15) is 8.42 Å². The van der Waals surface area contributed by atoms with Crippen LogP contribution in [-0.2, 0) is 10.0 Å². The van der Waals surface area contributed by atoms with E-state index >= 15 is 0 Å². The molecule has 2 aromatic carbocycles. The number of sulfonamides is 1. The lowest BCUT2D eigenvalue weighted by Gasteiger charge is -2.03. The van der Waals surface area contributed by atoms with Gasteiger partial charge in [0.15, 0.2) is 0 Å². The van der Waals surface area contributed by atoms with Crippen molar-refractivity contribution in [2.45, 2.75) is 4.90 Å². The van der Waals surface area contributed by atoms with E-state index in [0.29, 0.717) is 20.6 Å². The normalized spacial score (nSPS) is 11.8. The smallest absolute Gasteiger partial charge is 0.200 e. The minimum Gasteiger partial charge on any atom is -0.200 e. The molecule has 0 aromatic heterocycles. The van der Waals surface area contributed by atoms with Gasteiger partial charge in [-0.2, -0.15) is 13.5 Å². The number of nitrogens with zero attached hydrogens (tertiary/aromatic N) is 1. The van der Waals surface area contributed by atoms with Gasteiger partial charge in [0, 0.05) is 5.02 Å². The maximum atomic E-state index is 11.9. The van der Waals surface area contributed by atoms with Crippen molar-refractivity contribution in [3.63, 3.8) is 0 Å². The third kappa shape index (κ3) is 4.35. The van der Waals surface area contributed by atoms with Crippen LogP contribution in [0.25, 0.3) is 0 Å². The standard InChI is InChI=1S/C13H9Cl3N2O2S/c14-10-2-4-11(5-3-10)21(19,20)18-17-8-9-1-6-12(15)13(16)7-9/h1-8,18H/b17-8-. The van der Waals surface area contributed by atoms with Crippen molar-refractivity contribution >= 4 is 51.0 Å². The van der Waals surface area contributed by atoms with Crippen molar-refractivity contribution in [3.8, 4) is 0 Å². The van der Waals surface area contributed by atoms with Gasteiger partial charge in [0.05, 0.1) is 21.2 Å². The zero-order valence-corrected chi connectivity index (χ0v) is 13.5. The molecule has 0 bridgehead atoms. The van der Waals surface area contributed by atoms with Crippen LogP contribution in [0, 0.1) is 0 Å². The third-order valence-electron chi connectivity index (χ3n) is 2.45. The molecule has 4 nitrogen and oxygen atoms in total. The van der Waals surface area contributed by atoms with E-state index in [2.05, 4.69) is 9.93 Å². The molecule has 0 radical (unpaired) electrons. The van der Waals surface area contributed by atoms with E-state index in [0.717, 1.165) is 0 Å². The third-order valence-corrected chi connectivity index (χ3v) is 4.68. The number of rotatable bonds is 4. The van der Waals surface area contributed by atoms with Crippen LogP contribution >= 0.6 is 34.8 Å². The summed E-state index contributed by atoms with van der Waals surface area (Å²) < 4.78 is 23.9. The van der Waals surface area contributed by atoms with Crippen LogP contribution in [0.15, 0.2) is 52.5 Å². The zero-order chi connectivity index (χ0) is 15.5. The van der Waals surface area contributed by atoms with Crippen molar-refractivity contribution < 1.29 is 8.42 Å². The van der Waals surface area contributed by atoms with Crippen molar-refractivity contribution in [2.75, 3.05) is 0 Å². The van der Waals surface area contributed by atoms with Gasteiger partial charge < -0.3 is 0 Å². The Morgan fingerprint density at radius 3 is 2.24 bits per heavy atom. The van der Waals surface area contributed by atoms with Crippen LogP contribution in [0.5, 0.6) is 0 Å². The minimum atomic E-state index is -3.73. The average Bonchev–Trinajstić information content (AvgIpc) is 2.43. The number of hydrogen-bond donors (Lipinski definition) is 1. The topological polar surface area (TPSA) is 58.5 Å². The van der Waals surface area contributed by atoms with Crippen LogP contribution in [0.4, 0.5) is 0 Å². The second kappa shape index (κ2) is 6.66. The Morgan fingerprint density at radius 2 is 1.62 bits per heavy atom. The Labute approximate surface area is 137 Å². The number of nitrogens with one attached hydrogen (secondary N) is 1. The largest absolute Gasteiger partial charge is 0.276 e. The highest BCUT2D eigenvalue weighted by Gasteiger charge is 2.11. The fraction of sp³-hybridized carbons (Fsp3) is 0. The Hall–Kier alpha value is -1.27. The molecule has 0 aliphatic carbocycles. The predicted molar refractivity (Wildman–Crippen MR) is 85.8 cm³/mol. The second-order valence-electron chi connectivity index (χ2n) is 3.98. The molecule has 21 heavy (non-hydrogen) atoms. The number of halogens is 3. The Kier molecular flexibility index (Phi) is 5.11. The molecule has 1 N–H and O–H groups in total. The van der Waals surface area contributed by atoms with Crippen LogP contribution in [0.2, 0.25) is 15.1 Å². The highest BCUT2D eigenvalue weighted by atomic mass is 35.5. The molecule has 0 unspecified atom stereocenters. The average molecular weight is 364 g/mol. The van der Waals surface area contributed by atoms with Gasteiger partial charge in [-0.05, 0) is 42.0 Å². The van der Waals surface area contributed by atoms with Gasteiger partial charge >= 0.3 is 0 Å². The van der Waals surface area contributed by atoms with Crippen LogP contribution in [0.3, 0.4) is 0 Å². The molecular formula is C13H9Cl3N2O2S. The van der Waals surface area contributed by atoms with Crippen LogP contribution in [0.1, 0.15) is 5.56 Å². The molecule has 0 atom stereocenters. The number of hydrazone groups is 1. The lowest BCUT2D eigenvalue weighted by atomic mass is 10.2. The molecule has 0 amide bonds. The first-order valence-corrected chi connectivity index (χ1v) is 8.26. The van der Waals surface area contributed by atoms with Crippen molar-refractivity contribution in [1.29, 1.82) is 0 Å².